The first kappa shape index (κ1) is 19.7. The third-order valence-electron chi connectivity index (χ3n) is 3.96. The second-order valence-corrected chi connectivity index (χ2v) is 6.36. The van der Waals surface area contributed by atoms with Gasteiger partial charge in [0.05, 0.1) is 35.9 Å². The number of nitrogens with one attached hydrogen (secondary N) is 2. The summed E-state index contributed by atoms with van der Waals surface area (Å²) in [6.45, 7) is 6.76. The topological polar surface area (TPSA) is 79.3 Å². The van der Waals surface area contributed by atoms with Crippen LogP contribution >= 0.6 is 0 Å². The van der Waals surface area contributed by atoms with E-state index in [0.717, 1.165) is 23.5 Å². The minimum Gasteiger partial charge on any atom is -0.355 e. The molecule has 0 saturated carbocycles. The van der Waals surface area contributed by atoms with Gasteiger partial charge in [-0.25, -0.2) is 4.68 Å². The molecule has 0 radical (unpaired) electrons. The van der Waals surface area contributed by atoms with Crippen LogP contribution in [0.3, 0.4) is 0 Å². The van der Waals surface area contributed by atoms with Crippen LogP contribution in [0.15, 0.2) is 30.3 Å². The van der Waals surface area contributed by atoms with Crippen molar-refractivity contribution in [3.8, 4) is 5.69 Å². The van der Waals surface area contributed by atoms with Crippen LogP contribution in [0, 0.1) is 13.8 Å². The molecular weight excluding hydrogens is 330 g/mol. The summed E-state index contributed by atoms with van der Waals surface area (Å²) in [5.41, 5.74) is 3.27. The van der Waals surface area contributed by atoms with Gasteiger partial charge in [-0.15, -0.1) is 0 Å². The summed E-state index contributed by atoms with van der Waals surface area (Å²) in [4.78, 5) is 25.8. The van der Waals surface area contributed by atoms with Crippen LogP contribution in [0.1, 0.15) is 24.7 Å². The maximum Gasteiger partial charge on any atom is 0.238 e. The number of carbonyl (C=O) groups is 2. The molecule has 26 heavy (non-hydrogen) atoms. The zero-order valence-corrected chi connectivity index (χ0v) is 15.9. The van der Waals surface area contributed by atoms with Gasteiger partial charge in [-0.05, 0) is 39.4 Å². The summed E-state index contributed by atoms with van der Waals surface area (Å²) in [5, 5.41) is 10.2. The molecule has 1 heterocycles. The summed E-state index contributed by atoms with van der Waals surface area (Å²) in [6.07, 6.45) is 0.889. The lowest BCUT2D eigenvalue weighted by molar-refractivity contribution is -0.122. The van der Waals surface area contributed by atoms with Crippen LogP contribution in [0.5, 0.6) is 0 Å². The normalized spacial score (nSPS) is 10.8. The van der Waals surface area contributed by atoms with Gasteiger partial charge in [-0.1, -0.05) is 25.1 Å². The smallest absolute Gasteiger partial charge is 0.238 e. The number of hydrogen-bond acceptors (Lipinski definition) is 4. The molecule has 7 nitrogen and oxygen atoms in total. The minimum atomic E-state index is -0.172. The molecule has 0 fully saturated rings. The van der Waals surface area contributed by atoms with Gasteiger partial charge in [0.2, 0.25) is 11.8 Å². The summed E-state index contributed by atoms with van der Waals surface area (Å²) in [7, 11) is 1.75. The zero-order chi connectivity index (χ0) is 19.1. The molecule has 1 aromatic heterocycles. The molecule has 1 aromatic carbocycles. The Morgan fingerprint density at radius 2 is 1.77 bits per heavy atom. The van der Waals surface area contributed by atoms with Crippen molar-refractivity contribution in [1.82, 2.24) is 20.0 Å². The quantitative estimate of drug-likeness (QED) is 0.756. The molecule has 7 heteroatoms. The predicted octanol–water partition coefficient (Wildman–Crippen LogP) is 1.89. The number of aromatic nitrogens is 2. The van der Waals surface area contributed by atoms with Crippen LogP contribution in [-0.4, -0.2) is 53.2 Å². The molecule has 0 aliphatic carbocycles. The van der Waals surface area contributed by atoms with Crippen LogP contribution in [0.25, 0.3) is 5.69 Å². The number of aryl methyl sites for hydroxylation is 1. The molecule has 2 amide bonds. The van der Waals surface area contributed by atoms with E-state index < -0.39 is 0 Å². The third kappa shape index (κ3) is 5.16. The standard InChI is InChI=1S/C19H27N5O2/c1-5-11-20-17(25)12-23(4)13-18(26)21-19-14(2)22-24(15(19)3)16-9-7-6-8-10-16/h6-10H,5,11-13H2,1-4H3,(H,20,25)(H,21,26). The maximum absolute atomic E-state index is 12.3. The Kier molecular flexibility index (Phi) is 6.91. The van der Waals surface area contributed by atoms with Crippen LogP contribution in [0.2, 0.25) is 0 Å². The molecule has 2 rings (SSSR count). The average Bonchev–Trinajstić information content (AvgIpc) is 2.88. The van der Waals surface area contributed by atoms with E-state index in [-0.39, 0.29) is 24.9 Å². The molecule has 2 aromatic rings. The SMILES string of the molecule is CCCNC(=O)CN(C)CC(=O)Nc1c(C)nn(-c2ccccc2)c1C. The van der Waals surface area contributed by atoms with Crippen molar-refractivity contribution in [2.45, 2.75) is 27.2 Å². The molecule has 0 atom stereocenters. The number of nitrogens with zero attached hydrogens (tertiary/aromatic N) is 3. The first-order chi connectivity index (χ1) is 12.4. The first-order valence-corrected chi connectivity index (χ1v) is 8.79. The first-order valence-electron chi connectivity index (χ1n) is 8.79. The number of benzene rings is 1. The lowest BCUT2D eigenvalue weighted by Gasteiger charge is -2.16. The van der Waals surface area contributed by atoms with Crippen LogP contribution < -0.4 is 10.6 Å². The Labute approximate surface area is 154 Å². The fourth-order valence-corrected chi connectivity index (χ4v) is 2.69. The minimum absolute atomic E-state index is 0.0774. The van der Waals surface area contributed by atoms with E-state index in [2.05, 4.69) is 15.7 Å². The Hall–Kier alpha value is -2.67. The lowest BCUT2D eigenvalue weighted by atomic mass is 10.3. The van der Waals surface area contributed by atoms with E-state index in [1.54, 1.807) is 11.9 Å². The monoisotopic (exact) mass is 357 g/mol. The summed E-state index contributed by atoms with van der Waals surface area (Å²) in [5.74, 6) is -0.249. The summed E-state index contributed by atoms with van der Waals surface area (Å²) < 4.78 is 1.81. The Bertz CT molecular complexity index is 755. The molecule has 2 N–H and O–H groups in total. The molecule has 0 unspecified atom stereocenters. The molecule has 140 valence electrons. The van der Waals surface area contributed by atoms with E-state index >= 15 is 0 Å². The van der Waals surface area contributed by atoms with Crippen LogP contribution in [-0.2, 0) is 9.59 Å². The maximum atomic E-state index is 12.3. The second-order valence-electron chi connectivity index (χ2n) is 6.36. The summed E-state index contributed by atoms with van der Waals surface area (Å²) >= 11 is 0. The van der Waals surface area contributed by atoms with Crippen molar-refractivity contribution < 1.29 is 9.59 Å². The van der Waals surface area contributed by atoms with Gasteiger partial charge in [0, 0.05) is 6.54 Å². The van der Waals surface area contributed by atoms with Crippen molar-refractivity contribution in [2.24, 2.45) is 0 Å². The van der Waals surface area contributed by atoms with Gasteiger partial charge in [-0.3, -0.25) is 14.5 Å². The van der Waals surface area contributed by atoms with E-state index in [1.165, 1.54) is 0 Å². The Morgan fingerprint density at radius 3 is 2.42 bits per heavy atom. The number of rotatable bonds is 8. The number of para-hydroxylation sites is 1. The van der Waals surface area contributed by atoms with Gasteiger partial charge in [0.25, 0.3) is 0 Å². The Morgan fingerprint density at radius 1 is 1.12 bits per heavy atom. The zero-order valence-electron chi connectivity index (χ0n) is 15.9. The van der Waals surface area contributed by atoms with Gasteiger partial charge in [0.15, 0.2) is 0 Å². The largest absolute Gasteiger partial charge is 0.355 e. The molecule has 0 spiro atoms. The van der Waals surface area contributed by atoms with Crippen molar-refractivity contribution in [1.29, 1.82) is 0 Å². The third-order valence-corrected chi connectivity index (χ3v) is 3.96. The Balaban J connectivity index is 1.99. The van der Waals surface area contributed by atoms with E-state index in [1.807, 2.05) is 55.8 Å². The average molecular weight is 357 g/mol. The van der Waals surface area contributed by atoms with E-state index in [9.17, 15) is 9.59 Å². The molecule has 0 aliphatic rings. The fraction of sp³-hybridized carbons (Fsp3) is 0.421. The molecule has 0 bridgehead atoms. The lowest BCUT2D eigenvalue weighted by Crippen LogP contribution is -2.39. The highest BCUT2D eigenvalue weighted by atomic mass is 16.2. The number of likely N-dealkylation sites (N-methyl/N-ethyl adjacent to an activating group) is 1. The number of anilines is 1. The predicted molar refractivity (Wildman–Crippen MR) is 102 cm³/mol. The number of hydrogen-bond donors (Lipinski definition) is 2. The highest BCUT2D eigenvalue weighted by Gasteiger charge is 2.16. The van der Waals surface area contributed by atoms with Gasteiger partial charge < -0.3 is 10.6 Å². The molecular formula is C19H27N5O2. The number of amides is 2. The molecule has 0 saturated heterocycles. The van der Waals surface area contributed by atoms with Crippen molar-refractivity contribution >= 4 is 17.5 Å². The number of carbonyl (C=O) groups excluding carboxylic acids is 2. The van der Waals surface area contributed by atoms with E-state index in [0.29, 0.717) is 12.2 Å². The van der Waals surface area contributed by atoms with Crippen LogP contribution in [0.4, 0.5) is 5.69 Å². The highest BCUT2D eigenvalue weighted by molar-refractivity contribution is 5.93. The van der Waals surface area contributed by atoms with E-state index in [4.69, 9.17) is 0 Å². The van der Waals surface area contributed by atoms with Crippen molar-refractivity contribution in [3.63, 3.8) is 0 Å². The highest BCUT2D eigenvalue weighted by Crippen LogP contribution is 2.22. The van der Waals surface area contributed by atoms with Gasteiger partial charge >= 0.3 is 0 Å². The second kappa shape index (κ2) is 9.15. The fourth-order valence-electron chi connectivity index (χ4n) is 2.69. The van der Waals surface area contributed by atoms with Crippen molar-refractivity contribution in [3.05, 3.63) is 41.7 Å². The summed E-state index contributed by atoms with van der Waals surface area (Å²) in [6, 6.07) is 9.77. The molecule has 0 aliphatic heterocycles. The van der Waals surface area contributed by atoms with Crippen molar-refractivity contribution in [2.75, 3.05) is 32.0 Å². The van der Waals surface area contributed by atoms with Gasteiger partial charge in [-0.2, -0.15) is 5.10 Å². The van der Waals surface area contributed by atoms with Gasteiger partial charge in [0.1, 0.15) is 0 Å².